The van der Waals surface area contributed by atoms with Crippen LogP contribution < -0.4 is 0 Å². The number of rotatable bonds is 1. The summed E-state index contributed by atoms with van der Waals surface area (Å²) in [6, 6.07) is 1.72. The molecule has 0 aromatic carbocycles. The Morgan fingerprint density at radius 3 is 2.44 bits per heavy atom. The third kappa shape index (κ3) is 7.17. The maximum Gasteiger partial charge on any atom is 0.123 e. The van der Waals surface area contributed by atoms with Gasteiger partial charge in [0, 0.05) is 6.61 Å². The summed E-state index contributed by atoms with van der Waals surface area (Å²) >= 11 is 0. The molecule has 0 aliphatic carbocycles. The summed E-state index contributed by atoms with van der Waals surface area (Å²) in [5.41, 5.74) is 0. The number of aliphatic hydroxyl groups is 1. The molecule has 0 aliphatic heterocycles. The van der Waals surface area contributed by atoms with E-state index >= 15 is 0 Å². The van der Waals surface area contributed by atoms with Crippen LogP contribution in [0.4, 0.5) is 0 Å². The normalized spacial score (nSPS) is 7.78. The lowest BCUT2D eigenvalue weighted by molar-refractivity contribution is 0.295. The molecule has 0 radical (unpaired) electrons. The number of hydrogen-bond donors (Lipinski definition) is 1. The van der Waals surface area contributed by atoms with E-state index < -0.39 is 0 Å². The van der Waals surface area contributed by atoms with Crippen molar-refractivity contribution in [1.29, 1.82) is 0 Å². The Hall–Kier alpha value is -0.830. The first-order valence-electron chi connectivity index (χ1n) is 2.87. The van der Waals surface area contributed by atoms with Gasteiger partial charge in [-0.15, -0.1) is 0 Å². The number of nitrogens with zero attached hydrogens (tertiary/aromatic N) is 1. The Balaban J connectivity index is 0.000000148. The van der Waals surface area contributed by atoms with Crippen molar-refractivity contribution in [2.24, 2.45) is 0 Å². The Morgan fingerprint density at radius 1 is 1.67 bits per heavy atom. The Bertz CT molecular complexity index is 86.6. The molecular formula is C6H11NO2. The van der Waals surface area contributed by atoms with Gasteiger partial charge in [0.2, 0.25) is 0 Å². The molecule has 0 amide bonds. The SMILES string of the molecule is CCCO.c1cnoc1. The van der Waals surface area contributed by atoms with Gasteiger partial charge in [0.05, 0.1) is 6.20 Å². The summed E-state index contributed by atoms with van der Waals surface area (Å²) in [5.74, 6) is 0. The zero-order chi connectivity index (χ0) is 6.95. The van der Waals surface area contributed by atoms with Gasteiger partial charge in [-0.3, -0.25) is 0 Å². The Kier molecular flexibility index (Phi) is 6.51. The molecule has 0 spiro atoms. The molecule has 0 saturated heterocycles. The first-order valence-corrected chi connectivity index (χ1v) is 2.87. The standard InChI is InChI=1S/C3H3NO.C3H8O/c1-2-4-5-3-1;1-2-3-4/h1-3H;4H,2-3H2,1H3. The van der Waals surface area contributed by atoms with E-state index in [9.17, 15) is 0 Å². The molecule has 1 N–H and O–H groups in total. The van der Waals surface area contributed by atoms with Crippen LogP contribution in [0.5, 0.6) is 0 Å². The molecule has 0 aliphatic rings. The number of aliphatic hydroxyl groups excluding tert-OH is 1. The molecule has 52 valence electrons. The summed E-state index contributed by atoms with van der Waals surface area (Å²) in [5, 5.41) is 11.2. The van der Waals surface area contributed by atoms with E-state index in [-0.39, 0.29) is 0 Å². The molecule has 0 bridgehead atoms. The van der Waals surface area contributed by atoms with Gasteiger partial charge in [0.25, 0.3) is 0 Å². The monoisotopic (exact) mass is 129 g/mol. The molecule has 1 rings (SSSR count). The maximum atomic E-state index is 7.88. The van der Waals surface area contributed by atoms with E-state index in [0.29, 0.717) is 6.61 Å². The van der Waals surface area contributed by atoms with E-state index in [4.69, 9.17) is 5.11 Å². The largest absolute Gasteiger partial charge is 0.396 e. The lowest BCUT2D eigenvalue weighted by Crippen LogP contribution is -1.69. The van der Waals surface area contributed by atoms with Crippen molar-refractivity contribution >= 4 is 0 Å². The molecule has 1 aromatic heterocycles. The third-order valence-corrected chi connectivity index (χ3v) is 0.571. The van der Waals surface area contributed by atoms with Gasteiger partial charge in [-0.05, 0) is 12.5 Å². The summed E-state index contributed by atoms with van der Waals surface area (Å²) in [7, 11) is 0. The van der Waals surface area contributed by atoms with E-state index in [1.165, 1.54) is 6.26 Å². The van der Waals surface area contributed by atoms with Crippen molar-refractivity contribution in [3.63, 3.8) is 0 Å². The maximum absolute atomic E-state index is 7.88. The van der Waals surface area contributed by atoms with Crippen LogP contribution in [-0.2, 0) is 0 Å². The minimum absolute atomic E-state index is 0.319. The van der Waals surface area contributed by atoms with Crippen LogP contribution in [0.2, 0.25) is 0 Å². The summed E-state index contributed by atoms with van der Waals surface area (Å²) in [4.78, 5) is 0. The fraction of sp³-hybridized carbons (Fsp3) is 0.500. The van der Waals surface area contributed by atoms with Gasteiger partial charge in [0.1, 0.15) is 6.26 Å². The lowest BCUT2D eigenvalue weighted by atomic mass is 10.5. The highest BCUT2D eigenvalue weighted by Crippen LogP contribution is 1.72. The Morgan fingerprint density at radius 2 is 2.33 bits per heavy atom. The second kappa shape index (κ2) is 7.17. The highest BCUT2D eigenvalue weighted by molar-refractivity contribution is 4.67. The van der Waals surface area contributed by atoms with Crippen LogP contribution in [0.3, 0.4) is 0 Å². The van der Waals surface area contributed by atoms with Crippen LogP contribution in [0, 0.1) is 0 Å². The molecule has 0 unspecified atom stereocenters. The minimum Gasteiger partial charge on any atom is -0.396 e. The third-order valence-electron chi connectivity index (χ3n) is 0.571. The average Bonchev–Trinajstić information content (AvgIpc) is 2.43. The van der Waals surface area contributed by atoms with Gasteiger partial charge in [-0.1, -0.05) is 12.1 Å². The minimum atomic E-state index is 0.319. The van der Waals surface area contributed by atoms with Crippen molar-refractivity contribution in [1.82, 2.24) is 5.16 Å². The lowest BCUT2D eigenvalue weighted by Gasteiger charge is -1.69. The zero-order valence-corrected chi connectivity index (χ0v) is 5.45. The van der Waals surface area contributed by atoms with Gasteiger partial charge in [0.15, 0.2) is 0 Å². The predicted molar refractivity (Wildman–Crippen MR) is 33.9 cm³/mol. The van der Waals surface area contributed by atoms with Crippen LogP contribution in [0.15, 0.2) is 23.0 Å². The van der Waals surface area contributed by atoms with E-state index in [2.05, 4.69) is 9.68 Å². The molecule has 3 heteroatoms. The van der Waals surface area contributed by atoms with Crippen molar-refractivity contribution in [3.8, 4) is 0 Å². The molecule has 0 saturated carbocycles. The van der Waals surface area contributed by atoms with Crippen LogP contribution in [0.25, 0.3) is 0 Å². The second-order valence-corrected chi connectivity index (χ2v) is 1.41. The predicted octanol–water partition coefficient (Wildman–Crippen LogP) is 1.06. The first-order chi connectivity index (χ1) is 4.41. The summed E-state index contributed by atoms with van der Waals surface area (Å²) in [6.07, 6.45) is 3.97. The number of hydrogen-bond acceptors (Lipinski definition) is 3. The molecular weight excluding hydrogens is 118 g/mol. The van der Waals surface area contributed by atoms with E-state index in [1.54, 1.807) is 12.3 Å². The zero-order valence-electron chi connectivity index (χ0n) is 5.45. The molecule has 3 nitrogen and oxygen atoms in total. The topological polar surface area (TPSA) is 46.3 Å². The molecule has 9 heavy (non-hydrogen) atoms. The number of aromatic nitrogens is 1. The van der Waals surface area contributed by atoms with Crippen LogP contribution >= 0.6 is 0 Å². The summed E-state index contributed by atoms with van der Waals surface area (Å²) < 4.78 is 4.33. The average molecular weight is 129 g/mol. The van der Waals surface area contributed by atoms with Crippen molar-refractivity contribution in [2.75, 3.05) is 6.61 Å². The second-order valence-electron chi connectivity index (χ2n) is 1.41. The van der Waals surface area contributed by atoms with Crippen molar-refractivity contribution in [3.05, 3.63) is 18.5 Å². The highest BCUT2D eigenvalue weighted by Gasteiger charge is 1.60. The molecule has 0 atom stereocenters. The van der Waals surface area contributed by atoms with Crippen molar-refractivity contribution < 1.29 is 9.63 Å². The Labute approximate surface area is 54.3 Å². The van der Waals surface area contributed by atoms with Gasteiger partial charge in [-0.25, -0.2) is 0 Å². The smallest absolute Gasteiger partial charge is 0.123 e. The molecule has 0 fully saturated rings. The quantitative estimate of drug-likeness (QED) is 0.616. The summed E-state index contributed by atoms with van der Waals surface area (Å²) in [6.45, 7) is 2.25. The fourth-order valence-electron chi connectivity index (χ4n) is 0.176. The fourth-order valence-corrected chi connectivity index (χ4v) is 0.176. The van der Waals surface area contributed by atoms with Gasteiger partial charge in [-0.2, -0.15) is 0 Å². The molecule has 1 heterocycles. The van der Waals surface area contributed by atoms with Crippen LogP contribution in [0.1, 0.15) is 13.3 Å². The molecule has 1 aromatic rings. The first kappa shape index (κ1) is 8.17. The van der Waals surface area contributed by atoms with E-state index in [1.807, 2.05) is 6.92 Å². The van der Waals surface area contributed by atoms with Crippen molar-refractivity contribution in [2.45, 2.75) is 13.3 Å². The van der Waals surface area contributed by atoms with Gasteiger partial charge >= 0.3 is 0 Å². The van der Waals surface area contributed by atoms with E-state index in [0.717, 1.165) is 6.42 Å². The van der Waals surface area contributed by atoms with Crippen LogP contribution in [-0.4, -0.2) is 16.9 Å². The highest BCUT2D eigenvalue weighted by atomic mass is 16.5. The van der Waals surface area contributed by atoms with Gasteiger partial charge < -0.3 is 9.63 Å².